The van der Waals surface area contributed by atoms with E-state index in [1.54, 1.807) is 0 Å². The van der Waals surface area contributed by atoms with Gasteiger partial charge in [-0.25, -0.2) is 0 Å². The zero-order valence-electron chi connectivity index (χ0n) is 12.1. The van der Waals surface area contributed by atoms with Crippen LogP contribution in [0.15, 0.2) is 0 Å². The number of hydrogen-bond donors (Lipinski definition) is 2. The quantitative estimate of drug-likeness (QED) is 0.751. The fourth-order valence-electron chi connectivity index (χ4n) is 3.57. The molecule has 2 rings (SSSR count). The molecule has 2 fully saturated rings. The van der Waals surface area contributed by atoms with Gasteiger partial charge in [-0.15, -0.1) is 0 Å². The summed E-state index contributed by atoms with van der Waals surface area (Å²) < 4.78 is 0. The number of nitrogens with zero attached hydrogens (tertiary/aromatic N) is 2. The van der Waals surface area contributed by atoms with Crippen molar-refractivity contribution < 1.29 is 5.11 Å². The predicted molar refractivity (Wildman–Crippen MR) is 74.8 cm³/mol. The molecule has 0 spiro atoms. The summed E-state index contributed by atoms with van der Waals surface area (Å²) in [5.41, 5.74) is 0. The molecule has 0 aromatic rings. The minimum atomic E-state index is -0.250. The third-order valence-electron chi connectivity index (χ3n) is 4.56. The van der Waals surface area contributed by atoms with Crippen molar-refractivity contribution in [3.8, 4) is 0 Å². The molecule has 0 aromatic carbocycles. The van der Waals surface area contributed by atoms with Gasteiger partial charge in [0, 0.05) is 31.2 Å². The Balaban J connectivity index is 1.74. The van der Waals surface area contributed by atoms with Crippen LogP contribution in [0, 0.1) is 0 Å². The molecule has 2 saturated heterocycles. The number of nitrogens with one attached hydrogen (secondary N) is 1. The number of likely N-dealkylation sites (N-methyl/N-ethyl adjacent to an activating group) is 1. The van der Waals surface area contributed by atoms with Gasteiger partial charge in [0.05, 0.1) is 6.10 Å². The Morgan fingerprint density at radius 2 is 1.89 bits per heavy atom. The Morgan fingerprint density at radius 1 is 1.28 bits per heavy atom. The van der Waals surface area contributed by atoms with Crippen LogP contribution in [0.25, 0.3) is 0 Å². The van der Waals surface area contributed by atoms with Crippen molar-refractivity contribution in [2.75, 3.05) is 34.2 Å². The molecule has 4 nitrogen and oxygen atoms in total. The smallest absolute Gasteiger partial charge is 0.0791 e. The molecular formula is C14H29N3O. The summed E-state index contributed by atoms with van der Waals surface area (Å²) in [6.07, 6.45) is 6.36. The van der Waals surface area contributed by atoms with Gasteiger partial charge in [-0.05, 0) is 46.8 Å². The van der Waals surface area contributed by atoms with Gasteiger partial charge in [0.1, 0.15) is 0 Å². The molecule has 2 N–H and O–H groups in total. The van der Waals surface area contributed by atoms with Crippen LogP contribution in [-0.4, -0.2) is 73.4 Å². The van der Waals surface area contributed by atoms with E-state index in [1.165, 1.54) is 32.1 Å². The van der Waals surface area contributed by atoms with E-state index in [-0.39, 0.29) is 6.10 Å². The average molecular weight is 255 g/mol. The van der Waals surface area contributed by atoms with Crippen LogP contribution in [0.4, 0.5) is 0 Å². The third-order valence-corrected chi connectivity index (χ3v) is 4.56. The molecule has 0 radical (unpaired) electrons. The van der Waals surface area contributed by atoms with Gasteiger partial charge < -0.3 is 20.2 Å². The summed E-state index contributed by atoms with van der Waals surface area (Å²) in [6.45, 7) is 1.47. The molecule has 2 bridgehead atoms. The van der Waals surface area contributed by atoms with E-state index in [0.29, 0.717) is 6.04 Å². The molecule has 3 atom stereocenters. The van der Waals surface area contributed by atoms with E-state index in [2.05, 4.69) is 17.3 Å². The van der Waals surface area contributed by atoms with Crippen LogP contribution < -0.4 is 5.32 Å². The average Bonchev–Trinajstić information content (AvgIpc) is 2.25. The molecular weight excluding hydrogens is 226 g/mol. The second kappa shape index (κ2) is 6.33. The van der Waals surface area contributed by atoms with E-state index < -0.39 is 0 Å². The Morgan fingerprint density at radius 3 is 2.44 bits per heavy atom. The minimum Gasteiger partial charge on any atom is -0.390 e. The second-order valence-corrected chi connectivity index (χ2v) is 6.40. The number of fused-ring (bicyclic) bond motifs is 2. The first-order chi connectivity index (χ1) is 8.56. The van der Waals surface area contributed by atoms with E-state index in [0.717, 1.165) is 25.2 Å². The number of piperidine rings is 2. The molecule has 0 aromatic heterocycles. The largest absolute Gasteiger partial charge is 0.390 e. The van der Waals surface area contributed by atoms with E-state index in [1.807, 2.05) is 19.0 Å². The van der Waals surface area contributed by atoms with Crippen LogP contribution in [0.2, 0.25) is 0 Å². The minimum absolute atomic E-state index is 0.250. The van der Waals surface area contributed by atoms with Gasteiger partial charge in [-0.3, -0.25) is 0 Å². The molecule has 2 aliphatic heterocycles. The first-order valence-corrected chi connectivity index (χ1v) is 7.34. The fourth-order valence-corrected chi connectivity index (χ4v) is 3.57. The Kier molecular flexibility index (Phi) is 5.01. The van der Waals surface area contributed by atoms with Gasteiger partial charge in [-0.2, -0.15) is 0 Å². The number of hydrogen-bond acceptors (Lipinski definition) is 4. The molecule has 0 saturated carbocycles. The van der Waals surface area contributed by atoms with Crippen LogP contribution >= 0.6 is 0 Å². The molecule has 2 aliphatic rings. The molecule has 0 aliphatic carbocycles. The number of aliphatic hydroxyl groups is 1. The van der Waals surface area contributed by atoms with Crippen molar-refractivity contribution in [3.63, 3.8) is 0 Å². The third kappa shape index (κ3) is 3.67. The summed E-state index contributed by atoms with van der Waals surface area (Å²) in [7, 11) is 6.29. The maximum atomic E-state index is 9.89. The second-order valence-electron chi connectivity index (χ2n) is 6.40. The highest BCUT2D eigenvalue weighted by molar-refractivity contribution is 4.93. The number of rotatable bonds is 5. The van der Waals surface area contributed by atoms with Gasteiger partial charge in [0.15, 0.2) is 0 Å². The van der Waals surface area contributed by atoms with Crippen molar-refractivity contribution in [1.29, 1.82) is 0 Å². The summed E-state index contributed by atoms with van der Waals surface area (Å²) in [5.74, 6) is 0. The lowest BCUT2D eigenvalue weighted by Crippen LogP contribution is -2.55. The Labute approximate surface area is 111 Å². The zero-order chi connectivity index (χ0) is 13.1. The predicted octanol–water partition coefficient (Wildman–Crippen LogP) is 0.514. The zero-order valence-corrected chi connectivity index (χ0v) is 12.1. The molecule has 106 valence electrons. The lowest BCUT2D eigenvalue weighted by molar-refractivity contribution is 0.0433. The van der Waals surface area contributed by atoms with Crippen LogP contribution in [0.1, 0.15) is 32.1 Å². The lowest BCUT2D eigenvalue weighted by atomic mass is 9.82. The van der Waals surface area contributed by atoms with E-state index in [4.69, 9.17) is 0 Å². The highest BCUT2D eigenvalue weighted by atomic mass is 16.3. The van der Waals surface area contributed by atoms with E-state index in [9.17, 15) is 5.11 Å². The van der Waals surface area contributed by atoms with E-state index >= 15 is 0 Å². The van der Waals surface area contributed by atoms with Crippen molar-refractivity contribution in [1.82, 2.24) is 15.1 Å². The Hall–Kier alpha value is -0.160. The van der Waals surface area contributed by atoms with Crippen LogP contribution in [0.5, 0.6) is 0 Å². The fraction of sp³-hybridized carbons (Fsp3) is 1.00. The summed E-state index contributed by atoms with van der Waals surface area (Å²) >= 11 is 0. The van der Waals surface area contributed by atoms with Crippen molar-refractivity contribution >= 4 is 0 Å². The summed E-state index contributed by atoms with van der Waals surface area (Å²) in [5, 5.41) is 13.5. The summed E-state index contributed by atoms with van der Waals surface area (Å²) in [6, 6.07) is 2.13. The maximum absolute atomic E-state index is 9.89. The highest BCUT2D eigenvalue weighted by Gasteiger charge is 2.35. The lowest BCUT2D eigenvalue weighted by Gasteiger charge is -2.47. The monoisotopic (exact) mass is 255 g/mol. The Bertz CT molecular complexity index is 245. The van der Waals surface area contributed by atoms with Gasteiger partial charge in [0.25, 0.3) is 0 Å². The summed E-state index contributed by atoms with van der Waals surface area (Å²) in [4.78, 5) is 4.62. The van der Waals surface area contributed by atoms with Gasteiger partial charge in [0.2, 0.25) is 0 Å². The topological polar surface area (TPSA) is 38.7 Å². The normalized spacial score (nSPS) is 34.8. The molecule has 3 unspecified atom stereocenters. The van der Waals surface area contributed by atoms with Crippen LogP contribution in [-0.2, 0) is 0 Å². The van der Waals surface area contributed by atoms with Crippen molar-refractivity contribution in [2.45, 2.75) is 56.3 Å². The van der Waals surface area contributed by atoms with Crippen LogP contribution in [0.3, 0.4) is 0 Å². The standard InChI is InChI=1S/C14H29N3O/c1-16(2)10-14(18)9-15-11-7-12-5-4-6-13(8-11)17(12)3/h11-15,18H,4-10H2,1-3H3. The first-order valence-electron chi connectivity index (χ1n) is 7.34. The van der Waals surface area contributed by atoms with Gasteiger partial charge in [-0.1, -0.05) is 6.42 Å². The molecule has 2 heterocycles. The molecule has 0 amide bonds. The number of aliphatic hydroxyl groups excluding tert-OH is 1. The van der Waals surface area contributed by atoms with Gasteiger partial charge >= 0.3 is 0 Å². The highest BCUT2D eigenvalue weighted by Crippen LogP contribution is 2.32. The SMILES string of the molecule is CN(C)CC(O)CNC1CC2CCCC(C1)N2C. The molecule has 4 heteroatoms. The van der Waals surface area contributed by atoms with Crippen molar-refractivity contribution in [3.05, 3.63) is 0 Å². The van der Waals surface area contributed by atoms with Crippen molar-refractivity contribution in [2.24, 2.45) is 0 Å². The first kappa shape index (κ1) is 14.3. The molecule has 18 heavy (non-hydrogen) atoms. The maximum Gasteiger partial charge on any atom is 0.0791 e.